The van der Waals surface area contributed by atoms with E-state index in [2.05, 4.69) is 10.6 Å². The van der Waals surface area contributed by atoms with Gasteiger partial charge >= 0.3 is 0 Å². The number of carbonyl (C=O) groups excluding carboxylic acids is 1. The molecule has 0 aliphatic heterocycles. The second kappa shape index (κ2) is 7.68. The topological polar surface area (TPSA) is 50.4 Å². The normalized spacial score (nSPS) is 10.5. The molecule has 0 spiro atoms. The van der Waals surface area contributed by atoms with Crippen molar-refractivity contribution in [1.29, 1.82) is 0 Å². The van der Waals surface area contributed by atoms with Crippen LogP contribution in [0.15, 0.2) is 42.5 Å². The number of aryl methyl sites for hydroxylation is 1. The molecule has 0 aliphatic carbocycles. The van der Waals surface area contributed by atoms with Crippen LogP contribution in [0, 0.1) is 13.8 Å². The van der Waals surface area contributed by atoms with Crippen molar-refractivity contribution >= 4 is 17.3 Å². The Morgan fingerprint density at radius 1 is 1.04 bits per heavy atom. The first kappa shape index (κ1) is 16.9. The van der Waals surface area contributed by atoms with Crippen LogP contribution in [-0.4, -0.2) is 18.6 Å². The summed E-state index contributed by atoms with van der Waals surface area (Å²) in [5.41, 5.74) is 3.91. The number of amides is 1. The lowest BCUT2D eigenvalue weighted by molar-refractivity contribution is -0.114. The minimum atomic E-state index is -0.0851. The zero-order valence-electron chi connectivity index (χ0n) is 14.1. The number of benzene rings is 2. The Hall–Kier alpha value is -2.49. The zero-order chi connectivity index (χ0) is 16.8. The summed E-state index contributed by atoms with van der Waals surface area (Å²) in [4.78, 5) is 12.2. The van der Waals surface area contributed by atoms with E-state index in [9.17, 15) is 4.79 Å². The van der Waals surface area contributed by atoms with Crippen LogP contribution in [0.3, 0.4) is 0 Å². The Morgan fingerprint density at radius 2 is 1.74 bits per heavy atom. The number of ether oxygens (including phenoxy) is 1. The van der Waals surface area contributed by atoms with Gasteiger partial charge in [0.2, 0.25) is 5.91 Å². The van der Waals surface area contributed by atoms with Crippen molar-refractivity contribution in [2.24, 2.45) is 0 Å². The van der Waals surface area contributed by atoms with E-state index in [1.54, 1.807) is 0 Å². The molecule has 122 valence electrons. The molecule has 4 nitrogen and oxygen atoms in total. The van der Waals surface area contributed by atoms with E-state index >= 15 is 0 Å². The Balaban J connectivity index is 1.98. The van der Waals surface area contributed by atoms with Crippen molar-refractivity contribution in [2.45, 2.75) is 33.8 Å². The van der Waals surface area contributed by atoms with Gasteiger partial charge in [0.25, 0.3) is 0 Å². The molecule has 0 atom stereocenters. The average Bonchev–Trinajstić information content (AvgIpc) is 2.50. The van der Waals surface area contributed by atoms with Gasteiger partial charge in [0.15, 0.2) is 0 Å². The van der Waals surface area contributed by atoms with Crippen LogP contribution in [0.1, 0.15) is 25.0 Å². The molecule has 2 aromatic rings. The molecule has 0 saturated heterocycles. The summed E-state index contributed by atoms with van der Waals surface area (Å²) in [5.74, 6) is 0.667. The highest BCUT2D eigenvalue weighted by Crippen LogP contribution is 2.24. The standard InChI is InChI=1S/C19H24N2O2/c1-13(2)23-18-11-6-5-9-17(18)20-12-19(22)21-16-10-7-8-14(3)15(16)4/h5-11,13,20H,12H2,1-4H3,(H,21,22). The molecule has 0 saturated carbocycles. The number of nitrogens with one attached hydrogen (secondary N) is 2. The van der Waals surface area contributed by atoms with Crippen molar-refractivity contribution < 1.29 is 9.53 Å². The summed E-state index contributed by atoms with van der Waals surface area (Å²) in [5, 5.41) is 6.07. The highest BCUT2D eigenvalue weighted by atomic mass is 16.5. The maximum absolute atomic E-state index is 12.2. The summed E-state index contributed by atoms with van der Waals surface area (Å²) in [6, 6.07) is 13.5. The molecule has 0 bridgehead atoms. The average molecular weight is 312 g/mol. The quantitative estimate of drug-likeness (QED) is 0.843. The molecule has 1 amide bonds. The van der Waals surface area contributed by atoms with Gasteiger partial charge in [-0.2, -0.15) is 0 Å². The van der Waals surface area contributed by atoms with E-state index < -0.39 is 0 Å². The molecule has 4 heteroatoms. The van der Waals surface area contributed by atoms with Gasteiger partial charge in [0, 0.05) is 5.69 Å². The number of para-hydroxylation sites is 2. The van der Waals surface area contributed by atoms with E-state index in [0.717, 1.165) is 28.3 Å². The molecule has 0 aromatic heterocycles. The van der Waals surface area contributed by atoms with Gasteiger partial charge in [-0.1, -0.05) is 24.3 Å². The van der Waals surface area contributed by atoms with Crippen LogP contribution >= 0.6 is 0 Å². The molecular formula is C19H24N2O2. The Labute approximate surface area is 137 Å². The predicted molar refractivity (Wildman–Crippen MR) is 95.2 cm³/mol. The largest absolute Gasteiger partial charge is 0.489 e. The van der Waals surface area contributed by atoms with Crippen molar-refractivity contribution in [1.82, 2.24) is 0 Å². The van der Waals surface area contributed by atoms with Crippen LogP contribution in [0.4, 0.5) is 11.4 Å². The van der Waals surface area contributed by atoms with Crippen molar-refractivity contribution in [3.63, 3.8) is 0 Å². The zero-order valence-corrected chi connectivity index (χ0v) is 14.1. The molecule has 0 radical (unpaired) electrons. The lowest BCUT2D eigenvalue weighted by atomic mass is 10.1. The maximum Gasteiger partial charge on any atom is 0.243 e. The summed E-state index contributed by atoms with van der Waals surface area (Å²) < 4.78 is 5.74. The molecular weight excluding hydrogens is 288 g/mol. The van der Waals surface area contributed by atoms with Gasteiger partial charge in [-0.15, -0.1) is 0 Å². The Bertz CT molecular complexity index is 681. The minimum Gasteiger partial charge on any atom is -0.489 e. The molecule has 23 heavy (non-hydrogen) atoms. The number of hydrogen-bond donors (Lipinski definition) is 2. The molecule has 0 aliphatic rings. The van der Waals surface area contributed by atoms with Crippen molar-refractivity contribution in [2.75, 3.05) is 17.2 Å². The van der Waals surface area contributed by atoms with Crippen LogP contribution in [0.2, 0.25) is 0 Å². The molecule has 0 heterocycles. The highest BCUT2D eigenvalue weighted by Gasteiger charge is 2.08. The van der Waals surface area contributed by atoms with Crippen molar-refractivity contribution in [3.8, 4) is 5.75 Å². The Kier molecular flexibility index (Phi) is 5.63. The molecule has 2 rings (SSSR count). The fourth-order valence-corrected chi connectivity index (χ4v) is 2.23. The number of carbonyl (C=O) groups is 1. The van der Waals surface area contributed by atoms with Gasteiger partial charge in [-0.25, -0.2) is 0 Å². The van der Waals surface area contributed by atoms with E-state index in [4.69, 9.17) is 4.74 Å². The number of hydrogen-bond acceptors (Lipinski definition) is 3. The monoisotopic (exact) mass is 312 g/mol. The summed E-state index contributed by atoms with van der Waals surface area (Å²) in [6.45, 7) is 8.17. The molecule has 2 N–H and O–H groups in total. The lowest BCUT2D eigenvalue weighted by Crippen LogP contribution is -2.22. The summed E-state index contributed by atoms with van der Waals surface area (Å²) >= 11 is 0. The number of anilines is 2. The maximum atomic E-state index is 12.2. The van der Waals surface area contributed by atoms with Gasteiger partial charge in [0.05, 0.1) is 18.3 Å². The fourth-order valence-electron chi connectivity index (χ4n) is 2.23. The second-order valence-electron chi connectivity index (χ2n) is 5.81. The summed E-state index contributed by atoms with van der Waals surface area (Å²) in [6.07, 6.45) is 0.0849. The SMILES string of the molecule is Cc1cccc(NC(=O)CNc2ccccc2OC(C)C)c1C. The third-order valence-electron chi connectivity index (χ3n) is 3.57. The van der Waals surface area contributed by atoms with Gasteiger partial charge < -0.3 is 15.4 Å². The first-order valence-corrected chi connectivity index (χ1v) is 7.83. The fraction of sp³-hybridized carbons (Fsp3) is 0.316. The molecule has 2 aromatic carbocycles. The smallest absolute Gasteiger partial charge is 0.243 e. The molecule has 0 unspecified atom stereocenters. The van der Waals surface area contributed by atoms with E-state index in [-0.39, 0.29) is 18.6 Å². The van der Waals surface area contributed by atoms with Crippen LogP contribution in [-0.2, 0) is 4.79 Å². The Morgan fingerprint density at radius 3 is 2.48 bits per heavy atom. The van der Waals surface area contributed by atoms with Crippen LogP contribution in [0.25, 0.3) is 0 Å². The highest BCUT2D eigenvalue weighted by molar-refractivity contribution is 5.94. The van der Waals surface area contributed by atoms with E-state index in [1.807, 2.05) is 70.2 Å². The lowest BCUT2D eigenvalue weighted by Gasteiger charge is -2.16. The van der Waals surface area contributed by atoms with Crippen molar-refractivity contribution in [3.05, 3.63) is 53.6 Å². The predicted octanol–water partition coefficient (Wildman–Crippen LogP) is 4.14. The van der Waals surface area contributed by atoms with Gasteiger partial charge in [-0.05, 0) is 57.0 Å². The number of rotatable bonds is 6. The first-order valence-electron chi connectivity index (χ1n) is 7.83. The van der Waals surface area contributed by atoms with Crippen LogP contribution in [0.5, 0.6) is 5.75 Å². The second-order valence-corrected chi connectivity index (χ2v) is 5.81. The van der Waals surface area contributed by atoms with E-state index in [1.165, 1.54) is 0 Å². The van der Waals surface area contributed by atoms with Crippen LogP contribution < -0.4 is 15.4 Å². The third-order valence-corrected chi connectivity index (χ3v) is 3.57. The minimum absolute atomic E-state index is 0.0849. The summed E-state index contributed by atoms with van der Waals surface area (Å²) in [7, 11) is 0. The first-order chi connectivity index (χ1) is 11.0. The van der Waals surface area contributed by atoms with Gasteiger partial charge in [-0.3, -0.25) is 4.79 Å². The van der Waals surface area contributed by atoms with E-state index in [0.29, 0.717) is 0 Å². The third kappa shape index (κ3) is 4.74. The molecule has 0 fully saturated rings. The van der Waals surface area contributed by atoms with Gasteiger partial charge in [0.1, 0.15) is 5.75 Å².